The third kappa shape index (κ3) is 3.43. The van der Waals surface area contributed by atoms with Crippen molar-refractivity contribution in [2.75, 3.05) is 6.54 Å². The summed E-state index contributed by atoms with van der Waals surface area (Å²) in [5, 5.41) is 8.69. The van der Waals surface area contributed by atoms with E-state index in [0.29, 0.717) is 32.2 Å². The highest BCUT2D eigenvalue weighted by Crippen LogP contribution is 2.38. The Labute approximate surface area is 151 Å². The van der Waals surface area contributed by atoms with Crippen LogP contribution >= 0.6 is 0 Å². The van der Waals surface area contributed by atoms with Crippen LogP contribution in [0.3, 0.4) is 0 Å². The van der Waals surface area contributed by atoms with Gasteiger partial charge in [0.2, 0.25) is 15.9 Å². The third-order valence-corrected chi connectivity index (χ3v) is 8.70. The molecule has 25 heavy (non-hydrogen) atoms. The molecule has 2 unspecified atom stereocenters. The monoisotopic (exact) mass is 367 g/mol. The Bertz CT molecular complexity index is 649. The third-order valence-electron chi connectivity index (χ3n) is 6.31. The second-order valence-electron chi connectivity index (χ2n) is 7.91. The van der Waals surface area contributed by atoms with E-state index < -0.39 is 10.0 Å². The normalized spacial score (nSPS) is 37.2. The number of nitrogens with zero attached hydrogens (tertiary/aromatic N) is 3. The van der Waals surface area contributed by atoms with E-state index in [2.05, 4.69) is 6.07 Å². The second kappa shape index (κ2) is 7.24. The van der Waals surface area contributed by atoms with Crippen LogP contribution in [0.15, 0.2) is 0 Å². The maximum Gasteiger partial charge on any atom is 0.220 e. The molecule has 0 bridgehead atoms. The molecule has 0 N–H and O–H groups in total. The molecule has 3 aliphatic rings. The van der Waals surface area contributed by atoms with Gasteiger partial charge in [-0.3, -0.25) is 4.79 Å². The lowest BCUT2D eigenvalue weighted by Crippen LogP contribution is -2.67. The van der Waals surface area contributed by atoms with Gasteiger partial charge in [-0.15, -0.1) is 0 Å². The van der Waals surface area contributed by atoms with Crippen LogP contribution in [0.4, 0.5) is 0 Å². The van der Waals surface area contributed by atoms with Crippen molar-refractivity contribution in [1.29, 1.82) is 5.26 Å². The van der Waals surface area contributed by atoms with E-state index in [0.717, 1.165) is 25.7 Å². The zero-order valence-electron chi connectivity index (χ0n) is 15.2. The van der Waals surface area contributed by atoms with Crippen LogP contribution in [0, 0.1) is 17.2 Å². The lowest BCUT2D eigenvalue weighted by molar-refractivity contribution is -0.139. The molecule has 140 valence electrons. The number of carbonyl (C=O) groups is 1. The molecule has 1 amide bonds. The van der Waals surface area contributed by atoms with Gasteiger partial charge < -0.3 is 4.90 Å². The van der Waals surface area contributed by atoms with Gasteiger partial charge in [-0.05, 0) is 45.4 Å². The first-order valence-electron chi connectivity index (χ1n) is 9.55. The van der Waals surface area contributed by atoms with E-state index in [1.807, 2.05) is 11.8 Å². The summed E-state index contributed by atoms with van der Waals surface area (Å²) in [5.74, 6) is 0.0540. The van der Waals surface area contributed by atoms with Gasteiger partial charge in [0.25, 0.3) is 0 Å². The summed E-state index contributed by atoms with van der Waals surface area (Å²) in [6.45, 7) is 3.96. The summed E-state index contributed by atoms with van der Waals surface area (Å²) in [6, 6.07) is 2.13. The molecular formula is C18H29N3O3S. The molecule has 3 rings (SSSR count). The topological polar surface area (TPSA) is 81.5 Å². The molecule has 0 radical (unpaired) electrons. The lowest BCUT2D eigenvalue weighted by Gasteiger charge is -2.52. The van der Waals surface area contributed by atoms with Gasteiger partial charge in [0, 0.05) is 37.5 Å². The summed E-state index contributed by atoms with van der Waals surface area (Å²) in [6.07, 6.45) is 6.33. The van der Waals surface area contributed by atoms with E-state index >= 15 is 0 Å². The Hall–Kier alpha value is -1.13. The van der Waals surface area contributed by atoms with Gasteiger partial charge in [-0.2, -0.15) is 9.57 Å². The van der Waals surface area contributed by atoms with Crippen molar-refractivity contribution in [3.05, 3.63) is 0 Å². The fraction of sp³-hybridized carbons (Fsp3) is 0.889. The van der Waals surface area contributed by atoms with Gasteiger partial charge in [0.1, 0.15) is 0 Å². The molecule has 7 heteroatoms. The molecular weight excluding hydrogens is 338 g/mol. The number of sulfonamides is 1. The number of hydrogen-bond donors (Lipinski definition) is 0. The average molecular weight is 368 g/mol. The fourth-order valence-electron chi connectivity index (χ4n) is 5.08. The Morgan fingerprint density at radius 2 is 1.64 bits per heavy atom. The maximum absolute atomic E-state index is 13.4. The SMILES string of the molecule is CC(=O)N1C2CCCCC2N(S(=O)(=O)C2CCC(C#N)CC2)C[C@@H]1C. The fourth-order valence-corrected chi connectivity index (χ4v) is 7.38. The number of hydrogen-bond acceptors (Lipinski definition) is 4. The Kier molecular flexibility index (Phi) is 5.40. The minimum atomic E-state index is -3.38. The van der Waals surface area contributed by atoms with Crippen LogP contribution in [-0.2, 0) is 14.8 Å². The van der Waals surface area contributed by atoms with Crippen LogP contribution < -0.4 is 0 Å². The Balaban J connectivity index is 1.83. The molecule has 1 heterocycles. The number of piperazine rings is 1. The van der Waals surface area contributed by atoms with Crippen molar-refractivity contribution in [3.8, 4) is 6.07 Å². The van der Waals surface area contributed by atoms with Crippen LogP contribution in [0.5, 0.6) is 0 Å². The first-order valence-corrected chi connectivity index (χ1v) is 11.1. The zero-order valence-corrected chi connectivity index (χ0v) is 16.0. The molecule has 3 atom stereocenters. The van der Waals surface area contributed by atoms with Crippen molar-refractivity contribution in [1.82, 2.24) is 9.21 Å². The van der Waals surface area contributed by atoms with Gasteiger partial charge in [-0.25, -0.2) is 8.42 Å². The molecule has 1 saturated heterocycles. The van der Waals surface area contributed by atoms with Gasteiger partial charge in [0.15, 0.2) is 0 Å². The number of fused-ring (bicyclic) bond motifs is 1. The summed E-state index contributed by atoms with van der Waals surface area (Å²) in [5.41, 5.74) is 0. The predicted molar refractivity (Wildman–Crippen MR) is 95.0 cm³/mol. The molecule has 0 aromatic heterocycles. The standard InChI is InChI=1S/C18H29N3O3S/c1-13-12-20(17-5-3-4-6-18(17)21(13)14(2)22)25(23,24)16-9-7-15(11-19)8-10-16/h13,15-18H,3-10,12H2,1-2H3/t13-,15?,16?,17?,18?/m0/s1. The Morgan fingerprint density at radius 1 is 1.04 bits per heavy atom. The molecule has 0 aromatic carbocycles. The number of carbonyl (C=O) groups excluding carboxylic acids is 1. The summed E-state index contributed by atoms with van der Waals surface area (Å²) >= 11 is 0. The van der Waals surface area contributed by atoms with Crippen LogP contribution in [0.2, 0.25) is 0 Å². The molecule has 3 fully saturated rings. The van der Waals surface area contributed by atoms with Gasteiger partial charge >= 0.3 is 0 Å². The quantitative estimate of drug-likeness (QED) is 0.750. The van der Waals surface area contributed by atoms with E-state index in [1.54, 1.807) is 11.2 Å². The summed E-state index contributed by atoms with van der Waals surface area (Å²) < 4.78 is 28.4. The highest BCUT2D eigenvalue weighted by atomic mass is 32.2. The molecule has 0 aromatic rings. The first kappa shape index (κ1) is 18.7. The average Bonchev–Trinajstić information content (AvgIpc) is 2.60. The Morgan fingerprint density at radius 3 is 2.20 bits per heavy atom. The summed E-state index contributed by atoms with van der Waals surface area (Å²) in [4.78, 5) is 14.0. The van der Waals surface area contributed by atoms with Crippen LogP contribution in [0.25, 0.3) is 0 Å². The summed E-state index contributed by atoms with van der Waals surface area (Å²) in [7, 11) is -3.38. The maximum atomic E-state index is 13.4. The smallest absolute Gasteiger partial charge is 0.220 e. The molecule has 1 aliphatic heterocycles. The first-order chi connectivity index (χ1) is 11.9. The number of rotatable bonds is 2. The van der Waals surface area contributed by atoms with Crippen molar-refractivity contribution in [2.24, 2.45) is 5.92 Å². The van der Waals surface area contributed by atoms with Crippen molar-refractivity contribution in [3.63, 3.8) is 0 Å². The van der Waals surface area contributed by atoms with E-state index in [-0.39, 0.29) is 35.2 Å². The van der Waals surface area contributed by atoms with E-state index in [9.17, 15) is 13.2 Å². The van der Waals surface area contributed by atoms with Crippen LogP contribution in [0.1, 0.15) is 65.2 Å². The minimum Gasteiger partial charge on any atom is -0.334 e. The lowest BCUT2D eigenvalue weighted by atomic mass is 9.86. The van der Waals surface area contributed by atoms with Gasteiger partial charge in [0.05, 0.1) is 11.3 Å². The predicted octanol–water partition coefficient (Wildman–Crippen LogP) is 2.26. The zero-order chi connectivity index (χ0) is 18.2. The van der Waals surface area contributed by atoms with Gasteiger partial charge in [-0.1, -0.05) is 12.8 Å². The highest BCUT2D eigenvalue weighted by Gasteiger charge is 2.48. The van der Waals surface area contributed by atoms with Crippen LogP contribution in [-0.4, -0.2) is 53.5 Å². The number of amides is 1. The largest absolute Gasteiger partial charge is 0.334 e. The van der Waals surface area contributed by atoms with Crippen molar-refractivity contribution >= 4 is 15.9 Å². The second-order valence-corrected chi connectivity index (χ2v) is 10.1. The van der Waals surface area contributed by atoms with E-state index in [4.69, 9.17) is 5.26 Å². The molecule has 2 aliphatic carbocycles. The molecule has 0 spiro atoms. The highest BCUT2D eigenvalue weighted by molar-refractivity contribution is 7.89. The minimum absolute atomic E-state index is 0.00219. The molecule has 6 nitrogen and oxygen atoms in total. The number of nitriles is 1. The van der Waals surface area contributed by atoms with Crippen molar-refractivity contribution in [2.45, 2.75) is 88.6 Å². The molecule has 2 saturated carbocycles. The van der Waals surface area contributed by atoms with E-state index in [1.165, 1.54) is 0 Å². The van der Waals surface area contributed by atoms with Crippen molar-refractivity contribution < 1.29 is 13.2 Å².